The summed E-state index contributed by atoms with van der Waals surface area (Å²) in [6, 6.07) is 7.69. The molecule has 0 radical (unpaired) electrons. The van der Waals surface area contributed by atoms with Crippen molar-refractivity contribution in [2.45, 2.75) is 40.5 Å². The molecule has 3 rings (SSSR count). The summed E-state index contributed by atoms with van der Waals surface area (Å²) in [5.41, 5.74) is 2.66. The molecule has 2 aromatic heterocycles. The average molecular weight is 415 g/mol. The first-order chi connectivity index (χ1) is 14.0. The number of rotatable bonds is 9. The van der Waals surface area contributed by atoms with E-state index in [4.69, 9.17) is 21.7 Å². The van der Waals surface area contributed by atoms with Gasteiger partial charge in [0.25, 0.3) is 5.95 Å². The van der Waals surface area contributed by atoms with Gasteiger partial charge >= 0.3 is 0 Å². The Morgan fingerprint density at radius 1 is 1.14 bits per heavy atom. The van der Waals surface area contributed by atoms with Crippen LogP contribution in [0.5, 0.6) is 11.5 Å². The van der Waals surface area contributed by atoms with Gasteiger partial charge in [-0.15, -0.1) is 5.10 Å². The summed E-state index contributed by atoms with van der Waals surface area (Å²) in [5.74, 6) is 1.99. The Morgan fingerprint density at radius 2 is 1.90 bits per heavy atom. The molecule has 0 fully saturated rings. The highest BCUT2D eigenvalue weighted by Crippen LogP contribution is 2.24. The molecular weight excluding hydrogens is 388 g/mol. The van der Waals surface area contributed by atoms with Gasteiger partial charge in [0.15, 0.2) is 0 Å². The van der Waals surface area contributed by atoms with Gasteiger partial charge in [-0.1, -0.05) is 13.8 Å². The number of aryl methyl sites for hydroxylation is 2. The third kappa shape index (κ3) is 4.92. The molecule has 1 aromatic carbocycles. The Balaban J connectivity index is 1.94. The standard InChI is InChI=1S/C20H26N6O2S/c1-5-9-27-17-8-7-16(18(12-17)28-10-6-2)13-21-26-19(22-23-20(26)29)25-15(4)11-14(3)24-25/h7-8,11-13H,5-6,9-10H2,1-4H3,(H,23,29)/b21-13-. The minimum atomic E-state index is 0.378. The molecule has 154 valence electrons. The second-order valence-electron chi connectivity index (χ2n) is 6.62. The van der Waals surface area contributed by atoms with Crippen LogP contribution < -0.4 is 9.47 Å². The van der Waals surface area contributed by atoms with E-state index in [1.807, 2.05) is 38.1 Å². The maximum atomic E-state index is 5.90. The molecule has 1 N–H and O–H groups in total. The van der Waals surface area contributed by atoms with Crippen LogP contribution >= 0.6 is 12.2 Å². The zero-order valence-electron chi connectivity index (χ0n) is 17.2. The number of benzene rings is 1. The lowest BCUT2D eigenvalue weighted by molar-refractivity contribution is 0.301. The molecule has 0 unspecified atom stereocenters. The maximum Gasteiger partial charge on any atom is 0.271 e. The predicted octanol–water partition coefficient (Wildman–Crippen LogP) is 4.20. The van der Waals surface area contributed by atoms with E-state index in [1.165, 1.54) is 0 Å². The highest BCUT2D eigenvalue weighted by atomic mass is 32.1. The highest BCUT2D eigenvalue weighted by molar-refractivity contribution is 7.71. The van der Waals surface area contributed by atoms with E-state index in [0.717, 1.165) is 35.5 Å². The summed E-state index contributed by atoms with van der Waals surface area (Å²) in [6.07, 6.45) is 3.56. The molecule has 0 aliphatic heterocycles. The number of aromatic nitrogens is 5. The maximum absolute atomic E-state index is 5.90. The molecule has 0 saturated carbocycles. The molecule has 0 amide bonds. The summed E-state index contributed by atoms with van der Waals surface area (Å²) in [7, 11) is 0. The van der Waals surface area contributed by atoms with Gasteiger partial charge in [-0.2, -0.15) is 14.9 Å². The first-order valence-electron chi connectivity index (χ1n) is 9.68. The van der Waals surface area contributed by atoms with E-state index in [0.29, 0.717) is 29.7 Å². The van der Waals surface area contributed by atoms with Crippen LogP contribution in [0.3, 0.4) is 0 Å². The number of ether oxygens (including phenoxy) is 2. The topological polar surface area (TPSA) is 82.3 Å². The predicted molar refractivity (Wildman–Crippen MR) is 115 cm³/mol. The van der Waals surface area contributed by atoms with Crippen molar-refractivity contribution in [2.24, 2.45) is 5.10 Å². The molecule has 0 atom stereocenters. The fraction of sp³-hybridized carbons (Fsp3) is 0.400. The van der Waals surface area contributed by atoms with Crippen LogP contribution in [0.15, 0.2) is 29.4 Å². The summed E-state index contributed by atoms with van der Waals surface area (Å²) in [5, 5.41) is 16.0. The number of hydrogen-bond acceptors (Lipinski definition) is 6. The molecule has 0 aliphatic rings. The summed E-state index contributed by atoms with van der Waals surface area (Å²) < 4.78 is 15.2. The molecule has 9 heteroatoms. The molecule has 0 saturated heterocycles. The van der Waals surface area contributed by atoms with Gasteiger partial charge in [-0.25, -0.2) is 9.78 Å². The van der Waals surface area contributed by atoms with E-state index in [-0.39, 0.29) is 0 Å². The molecule has 8 nitrogen and oxygen atoms in total. The quantitative estimate of drug-likeness (QED) is 0.419. The molecule has 3 aromatic rings. The number of hydrogen-bond donors (Lipinski definition) is 1. The van der Waals surface area contributed by atoms with Crippen LogP contribution in [0.25, 0.3) is 5.95 Å². The van der Waals surface area contributed by atoms with Crippen LogP contribution in [0.2, 0.25) is 0 Å². The Labute approximate surface area is 175 Å². The van der Waals surface area contributed by atoms with Crippen molar-refractivity contribution in [3.05, 3.63) is 46.0 Å². The number of nitrogens with one attached hydrogen (secondary N) is 1. The van der Waals surface area contributed by atoms with Crippen LogP contribution in [0.1, 0.15) is 43.6 Å². The van der Waals surface area contributed by atoms with Gasteiger partial charge in [0.2, 0.25) is 4.77 Å². The third-order valence-corrected chi connectivity index (χ3v) is 4.33. The van der Waals surface area contributed by atoms with Gasteiger partial charge in [-0.3, -0.25) is 0 Å². The van der Waals surface area contributed by atoms with E-state index in [1.54, 1.807) is 15.6 Å². The Hall–Kier alpha value is -2.94. The molecule has 29 heavy (non-hydrogen) atoms. The lowest BCUT2D eigenvalue weighted by Crippen LogP contribution is -2.07. The van der Waals surface area contributed by atoms with Crippen LogP contribution in [0.4, 0.5) is 0 Å². The Kier molecular flexibility index (Phi) is 6.82. The van der Waals surface area contributed by atoms with E-state index < -0.39 is 0 Å². The van der Waals surface area contributed by atoms with Gasteiger partial charge in [0.05, 0.1) is 25.1 Å². The van der Waals surface area contributed by atoms with Gasteiger partial charge < -0.3 is 9.47 Å². The molecular formula is C20H26N6O2S. The Morgan fingerprint density at radius 3 is 2.59 bits per heavy atom. The summed E-state index contributed by atoms with van der Waals surface area (Å²) in [4.78, 5) is 0. The average Bonchev–Trinajstić information content (AvgIpc) is 3.24. The first kappa shape index (κ1) is 20.8. The molecule has 2 heterocycles. The Bertz CT molecular complexity index is 1050. The van der Waals surface area contributed by atoms with E-state index in [9.17, 15) is 0 Å². The second-order valence-corrected chi connectivity index (χ2v) is 7.01. The lowest BCUT2D eigenvalue weighted by Gasteiger charge is -2.11. The van der Waals surface area contributed by atoms with Gasteiger partial charge in [0.1, 0.15) is 11.5 Å². The SMILES string of the molecule is CCCOc1ccc(/C=N\n2c(-n3nc(C)cc3C)n[nH]c2=S)c(OCCC)c1. The van der Waals surface area contributed by atoms with Crippen molar-refractivity contribution < 1.29 is 9.47 Å². The lowest BCUT2D eigenvalue weighted by atomic mass is 10.2. The minimum absolute atomic E-state index is 0.378. The van der Waals surface area contributed by atoms with Crippen molar-refractivity contribution in [3.8, 4) is 17.4 Å². The fourth-order valence-electron chi connectivity index (χ4n) is 2.74. The normalized spacial score (nSPS) is 11.3. The molecule has 0 aliphatic carbocycles. The third-order valence-electron chi connectivity index (χ3n) is 4.06. The van der Waals surface area contributed by atoms with Crippen molar-refractivity contribution in [2.75, 3.05) is 13.2 Å². The van der Waals surface area contributed by atoms with Crippen molar-refractivity contribution >= 4 is 18.4 Å². The van der Waals surface area contributed by atoms with E-state index in [2.05, 4.69) is 34.2 Å². The smallest absolute Gasteiger partial charge is 0.271 e. The molecule has 0 spiro atoms. The van der Waals surface area contributed by atoms with Crippen LogP contribution in [-0.4, -0.2) is 44.1 Å². The summed E-state index contributed by atoms with van der Waals surface area (Å²) in [6.45, 7) is 9.30. The van der Waals surface area contributed by atoms with Gasteiger partial charge in [0, 0.05) is 17.3 Å². The number of nitrogens with zero attached hydrogens (tertiary/aromatic N) is 5. The van der Waals surface area contributed by atoms with Crippen molar-refractivity contribution in [1.29, 1.82) is 0 Å². The zero-order chi connectivity index (χ0) is 20.8. The number of H-pyrrole nitrogens is 1. The molecule has 0 bridgehead atoms. The van der Waals surface area contributed by atoms with E-state index >= 15 is 0 Å². The largest absolute Gasteiger partial charge is 0.493 e. The first-order valence-corrected chi connectivity index (χ1v) is 10.1. The van der Waals surface area contributed by atoms with Crippen molar-refractivity contribution in [1.82, 2.24) is 24.7 Å². The number of aromatic amines is 1. The van der Waals surface area contributed by atoms with Gasteiger partial charge in [-0.05, 0) is 57.1 Å². The van der Waals surface area contributed by atoms with Crippen LogP contribution in [0, 0.1) is 18.6 Å². The van der Waals surface area contributed by atoms with Crippen molar-refractivity contribution in [3.63, 3.8) is 0 Å². The highest BCUT2D eigenvalue weighted by Gasteiger charge is 2.12. The summed E-state index contributed by atoms with van der Waals surface area (Å²) >= 11 is 5.35. The fourth-order valence-corrected chi connectivity index (χ4v) is 2.92. The zero-order valence-corrected chi connectivity index (χ0v) is 18.0. The minimum Gasteiger partial charge on any atom is -0.493 e. The van der Waals surface area contributed by atoms with Crippen LogP contribution in [-0.2, 0) is 0 Å². The second kappa shape index (κ2) is 9.51. The monoisotopic (exact) mass is 414 g/mol.